The summed E-state index contributed by atoms with van der Waals surface area (Å²) in [5, 5.41) is 0. The molecule has 4 heteroatoms. The minimum absolute atomic E-state index is 0.244. The zero-order valence-electron chi connectivity index (χ0n) is 15.1. The number of alkyl halides is 1. The average Bonchev–Trinajstić information content (AvgIpc) is 2.62. The van der Waals surface area contributed by atoms with Crippen LogP contribution in [0.5, 0.6) is 5.75 Å². The Kier molecular flexibility index (Phi) is 4.70. The molecular formula is C21H28ClNO2. The number of carbonyl (C=O) groups is 1. The van der Waals surface area contributed by atoms with E-state index in [4.69, 9.17) is 16.3 Å². The van der Waals surface area contributed by atoms with Gasteiger partial charge in [-0.25, -0.2) is 0 Å². The summed E-state index contributed by atoms with van der Waals surface area (Å²) >= 11 is 5.77. The first-order chi connectivity index (χ1) is 12.2. The molecule has 3 atom stereocenters. The van der Waals surface area contributed by atoms with Crippen molar-refractivity contribution >= 4 is 17.5 Å². The highest BCUT2D eigenvalue weighted by Gasteiger charge is 2.54. The summed E-state index contributed by atoms with van der Waals surface area (Å²) < 4.78 is 5.94. The normalized spacial score (nSPS) is 30.4. The number of fused-ring (bicyclic) bond motifs is 1. The number of piperidine rings is 1. The molecule has 2 bridgehead atoms. The fraction of sp³-hybridized carbons (Fsp3) is 0.667. The molecule has 0 radical (unpaired) electrons. The number of nitrogens with zero attached hydrogens (tertiary/aromatic N) is 1. The molecule has 0 aromatic heterocycles. The van der Waals surface area contributed by atoms with E-state index < -0.39 is 0 Å². The predicted molar refractivity (Wildman–Crippen MR) is 100 cm³/mol. The van der Waals surface area contributed by atoms with E-state index >= 15 is 0 Å². The second kappa shape index (κ2) is 6.83. The average molecular weight is 362 g/mol. The van der Waals surface area contributed by atoms with Crippen molar-refractivity contribution in [2.45, 2.75) is 63.3 Å². The first-order valence-electron chi connectivity index (χ1n) is 9.75. The summed E-state index contributed by atoms with van der Waals surface area (Å²) in [5.74, 6) is 2.48. The van der Waals surface area contributed by atoms with Crippen LogP contribution in [0.2, 0.25) is 0 Å². The summed E-state index contributed by atoms with van der Waals surface area (Å²) in [4.78, 5) is 14.3. The summed E-state index contributed by atoms with van der Waals surface area (Å²) in [6, 6.07) is 7.04. The molecule has 0 spiro atoms. The number of rotatable bonds is 4. The number of hydrogen-bond donors (Lipinski definition) is 0. The Morgan fingerprint density at radius 2 is 2.24 bits per heavy atom. The first-order valence-corrected chi connectivity index (χ1v) is 10.3. The number of amides is 1. The maximum Gasteiger partial charge on any atom is 0.219 e. The van der Waals surface area contributed by atoms with Gasteiger partial charge in [-0.05, 0) is 61.3 Å². The van der Waals surface area contributed by atoms with Gasteiger partial charge in [-0.3, -0.25) is 4.79 Å². The van der Waals surface area contributed by atoms with Crippen molar-refractivity contribution in [2.24, 2.45) is 5.92 Å². The molecule has 1 saturated heterocycles. The Morgan fingerprint density at radius 3 is 3.04 bits per heavy atom. The molecule has 1 heterocycles. The first kappa shape index (κ1) is 17.2. The predicted octanol–water partition coefficient (Wildman–Crippen LogP) is 4.30. The van der Waals surface area contributed by atoms with Gasteiger partial charge < -0.3 is 9.64 Å². The van der Waals surface area contributed by atoms with Crippen molar-refractivity contribution in [1.82, 2.24) is 4.90 Å². The van der Waals surface area contributed by atoms with Gasteiger partial charge in [0.15, 0.2) is 0 Å². The second-order valence-corrected chi connectivity index (χ2v) is 8.33. The minimum Gasteiger partial charge on any atom is -0.494 e. The van der Waals surface area contributed by atoms with Gasteiger partial charge in [0.25, 0.3) is 0 Å². The summed E-state index contributed by atoms with van der Waals surface area (Å²) in [7, 11) is 0. The van der Waals surface area contributed by atoms with Crippen LogP contribution in [0.15, 0.2) is 18.2 Å². The molecule has 25 heavy (non-hydrogen) atoms. The van der Waals surface area contributed by atoms with Gasteiger partial charge in [0.2, 0.25) is 5.91 Å². The molecule has 0 N–H and O–H groups in total. The third-order valence-electron chi connectivity index (χ3n) is 6.76. The third kappa shape index (κ3) is 2.85. The van der Waals surface area contributed by atoms with Gasteiger partial charge in [-0.1, -0.05) is 18.9 Å². The van der Waals surface area contributed by atoms with Crippen LogP contribution in [0.4, 0.5) is 0 Å². The van der Waals surface area contributed by atoms with E-state index in [-0.39, 0.29) is 11.3 Å². The third-order valence-corrected chi connectivity index (χ3v) is 7.03. The van der Waals surface area contributed by atoms with E-state index in [0.29, 0.717) is 24.4 Å². The van der Waals surface area contributed by atoms with E-state index in [1.165, 1.54) is 36.8 Å². The fourth-order valence-corrected chi connectivity index (χ4v) is 5.82. The highest BCUT2D eigenvalue weighted by molar-refractivity contribution is 6.17. The number of likely N-dealkylation sites (tertiary alicyclic amines) is 1. The zero-order valence-corrected chi connectivity index (χ0v) is 15.9. The summed E-state index contributed by atoms with van der Waals surface area (Å²) in [5.41, 5.74) is 3.20. The van der Waals surface area contributed by atoms with Gasteiger partial charge in [0.1, 0.15) is 5.75 Å². The minimum atomic E-state index is 0.244. The molecule has 1 aromatic rings. The van der Waals surface area contributed by atoms with Crippen LogP contribution in [0, 0.1) is 5.92 Å². The van der Waals surface area contributed by atoms with Crippen LogP contribution >= 0.6 is 11.6 Å². The number of hydrogen-bond acceptors (Lipinski definition) is 2. The van der Waals surface area contributed by atoms with Crippen molar-refractivity contribution < 1.29 is 9.53 Å². The summed E-state index contributed by atoms with van der Waals surface area (Å²) in [6.07, 6.45) is 8.11. The standard InChI is InChI=1S/C21H28ClNO2/c1-15(24)23-11-9-21-8-3-2-5-18(21)20(23)13-16-6-7-17(14-19(16)21)25-12-4-10-22/h6-7,14,18,20H,2-5,8-13H2,1H3. The van der Waals surface area contributed by atoms with Gasteiger partial charge in [0.05, 0.1) is 6.61 Å². The maximum absolute atomic E-state index is 12.2. The number of halogens is 1. The lowest BCUT2D eigenvalue weighted by atomic mass is 9.52. The molecule has 136 valence electrons. The lowest BCUT2D eigenvalue weighted by Crippen LogP contribution is -2.61. The van der Waals surface area contributed by atoms with Crippen molar-refractivity contribution in [3.05, 3.63) is 29.3 Å². The van der Waals surface area contributed by atoms with Gasteiger partial charge >= 0.3 is 0 Å². The highest BCUT2D eigenvalue weighted by atomic mass is 35.5. The SMILES string of the molecule is CC(=O)N1CCC23CCCCC2C1Cc1ccc(OCCCCl)cc13. The molecule has 1 aromatic carbocycles. The van der Waals surface area contributed by atoms with E-state index in [1.54, 1.807) is 6.92 Å². The molecule has 3 unspecified atom stereocenters. The summed E-state index contributed by atoms with van der Waals surface area (Å²) in [6.45, 7) is 3.33. The van der Waals surface area contributed by atoms with Crippen LogP contribution in [0.1, 0.15) is 56.6 Å². The molecule has 2 aliphatic carbocycles. The number of carbonyl (C=O) groups excluding carboxylic acids is 1. The number of ether oxygens (including phenoxy) is 1. The largest absolute Gasteiger partial charge is 0.494 e. The lowest BCUT2D eigenvalue weighted by molar-refractivity contribution is -0.138. The van der Waals surface area contributed by atoms with Crippen molar-refractivity contribution in [3.63, 3.8) is 0 Å². The fourth-order valence-electron chi connectivity index (χ4n) is 5.71. The van der Waals surface area contributed by atoms with Gasteiger partial charge in [-0.2, -0.15) is 0 Å². The Bertz CT molecular complexity index is 661. The van der Waals surface area contributed by atoms with Gasteiger partial charge in [0, 0.05) is 30.8 Å². The highest BCUT2D eigenvalue weighted by Crippen LogP contribution is 2.56. The van der Waals surface area contributed by atoms with E-state index in [0.717, 1.165) is 31.6 Å². The smallest absolute Gasteiger partial charge is 0.219 e. The maximum atomic E-state index is 12.2. The molecule has 1 saturated carbocycles. The lowest BCUT2D eigenvalue weighted by Gasteiger charge is -2.59. The van der Waals surface area contributed by atoms with E-state index in [2.05, 4.69) is 23.1 Å². The molecule has 3 nitrogen and oxygen atoms in total. The molecule has 3 aliphatic rings. The van der Waals surface area contributed by atoms with Crippen LogP contribution in [0.3, 0.4) is 0 Å². The van der Waals surface area contributed by atoms with Crippen molar-refractivity contribution in [3.8, 4) is 5.75 Å². The molecule has 4 rings (SSSR count). The van der Waals surface area contributed by atoms with E-state index in [9.17, 15) is 4.79 Å². The quantitative estimate of drug-likeness (QED) is 0.591. The van der Waals surface area contributed by atoms with Crippen LogP contribution in [0.25, 0.3) is 0 Å². The molecular weight excluding hydrogens is 334 g/mol. The van der Waals surface area contributed by atoms with Gasteiger partial charge in [-0.15, -0.1) is 11.6 Å². The van der Waals surface area contributed by atoms with Crippen LogP contribution in [-0.2, 0) is 16.6 Å². The van der Waals surface area contributed by atoms with Crippen molar-refractivity contribution in [2.75, 3.05) is 19.0 Å². The Morgan fingerprint density at radius 1 is 1.36 bits per heavy atom. The Labute approximate surface area is 155 Å². The Balaban J connectivity index is 1.71. The Hall–Kier alpha value is -1.22. The molecule has 2 fully saturated rings. The topological polar surface area (TPSA) is 29.5 Å². The molecule has 1 amide bonds. The van der Waals surface area contributed by atoms with Crippen LogP contribution in [-0.4, -0.2) is 35.9 Å². The second-order valence-electron chi connectivity index (χ2n) is 7.95. The number of benzene rings is 1. The van der Waals surface area contributed by atoms with E-state index in [1.807, 2.05) is 0 Å². The molecule has 1 aliphatic heterocycles. The monoisotopic (exact) mass is 361 g/mol. The van der Waals surface area contributed by atoms with Crippen LogP contribution < -0.4 is 4.74 Å². The van der Waals surface area contributed by atoms with Crippen molar-refractivity contribution in [1.29, 1.82) is 0 Å². The zero-order chi connectivity index (χ0) is 17.4.